The van der Waals surface area contributed by atoms with E-state index in [0.29, 0.717) is 16.6 Å². The average Bonchev–Trinajstić information content (AvgIpc) is 3.32. The fourth-order valence-corrected chi connectivity index (χ4v) is 6.47. The predicted octanol–water partition coefficient (Wildman–Crippen LogP) is 2.84. The van der Waals surface area contributed by atoms with Gasteiger partial charge in [-0.25, -0.2) is 23.2 Å². The lowest BCUT2D eigenvalue weighted by molar-refractivity contribution is -0.184. The molecule has 0 radical (unpaired) electrons. The number of ether oxygens (including phenoxy) is 1. The predicted molar refractivity (Wildman–Crippen MR) is 132 cm³/mol. The van der Waals surface area contributed by atoms with Gasteiger partial charge in [-0.1, -0.05) is 29.8 Å². The van der Waals surface area contributed by atoms with E-state index in [9.17, 15) is 28.6 Å². The Bertz CT molecular complexity index is 1480. The monoisotopic (exact) mass is 592 g/mol. The van der Waals surface area contributed by atoms with Crippen molar-refractivity contribution in [1.29, 1.82) is 0 Å². The van der Waals surface area contributed by atoms with Crippen LogP contribution in [0.5, 0.6) is 0 Å². The third-order valence-corrected chi connectivity index (χ3v) is 10.5. The zero-order valence-corrected chi connectivity index (χ0v) is 22.2. The van der Waals surface area contributed by atoms with Crippen LogP contribution in [0.2, 0.25) is 5.15 Å². The highest BCUT2D eigenvalue weighted by Gasteiger charge is 2.63. The van der Waals surface area contributed by atoms with Gasteiger partial charge in [0.2, 0.25) is 0 Å². The molecule has 1 unspecified atom stereocenters. The topological polar surface area (TPSA) is 196 Å². The number of hydrogen-bond acceptors (Lipinski definition) is 9. The number of rotatable bonds is 7. The zero-order valence-electron chi connectivity index (χ0n) is 19.6. The fourth-order valence-electron chi connectivity index (χ4n) is 4.85. The number of aromatic nitrogens is 3. The second-order valence-electron chi connectivity index (χ2n) is 9.35. The molecule has 3 aromatic rings. The molecule has 5 rings (SSSR count). The maximum atomic E-state index is 14.3. The van der Waals surface area contributed by atoms with E-state index in [1.54, 1.807) is 25.1 Å². The molecule has 2 aliphatic rings. The van der Waals surface area contributed by atoms with Gasteiger partial charge in [0, 0.05) is 18.4 Å². The van der Waals surface area contributed by atoms with Crippen molar-refractivity contribution in [3.63, 3.8) is 0 Å². The number of anilines is 1. The van der Waals surface area contributed by atoms with E-state index in [0.717, 1.165) is 0 Å². The molecular weight excluding hydrogens is 569 g/mol. The molecule has 2 fully saturated rings. The number of aliphatic hydroxyl groups is 2. The van der Waals surface area contributed by atoms with Crippen molar-refractivity contribution in [2.45, 2.75) is 55.9 Å². The van der Waals surface area contributed by atoms with Gasteiger partial charge in [-0.15, -0.1) is 0 Å². The van der Waals surface area contributed by atoms with Crippen molar-refractivity contribution in [3.8, 4) is 0 Å². The van der Waals surface area contributed by atoms with E-state index < -0.39 is 50.8 Å². The summed E-state index contributed by atoms with van der Waals surface area (Å²) in [5, 5.41) is 29.5. The first kappa shape index (κ1) is 27.6. The molecule has 13 nitrogen and oxygen atoms in total. The number of pyridine rings is 1. The van der Waals surface area contributed by atoms with Crippen molar-refractivity contribution in [2.24, 2.45) is 0 Å². The second-order valence-corrected chi connectivity index (χ2v) is 15.0. The Kier molecular flexibility index (Phi) is 6.97. The minimum Gasteiger partial charge on any atom is -0.387 e. The van der Waals surface area contributed by atoms with Crippen molar-refractivity contribution in [1.82, 2.24) is 14.8 Å². The maximum Gasteiger partial charge on any atom is 0.438 e. The highest BCUT2D eigenvalue weighted by molar-refractivity contribution is 8.26. The summed E-state index contributed by atoms with van der Waals surface area (Å²) in [6, 6.07) is 7.38. The van der Waals surface area contributed by atoms with Crippen LogP contribution in [-0.2, 0) is 18.4 Å². The Morgan fingerprint density at radius 1 is 1.26 bits per heavy atom. The van der Waals surface area contributed by atoms with Crippen LogP contribution in [0.4, 0.5) is 10.1 Å². The van der Waals surface area contributed by atoms with Crippen molar-refractivity contribution in [3.05, 3.63) is 53.1 Å². The Balaban J connectivity index is 1.39. The molecule has 2 aromatic heterocycles. The largest absolute Gasteiger partial charge is 0.438 e. The lowest BCUT2D eigenvalue weighted by atomic mass is 9.73. The Labute approximate surface area is 219 Å². The first-order valence-corrected chi connectivity index (χ1v) is 15.7. The van der Waals surface area contributed by atoms with E-state index in [1.165, 1.54) is 23.0 Å². The van der Waals surface area contributed by atoms with E-state index in [1.807, 2.05) is 0 Å². The molecule has 5 atom stereocenters. The summed E-state index contributed by atoms with van der Waals surface area (Å²) in [4.78, 5) is 31.8. The summed E-state index contributed by atoms with van der Waals surface area (Å²) in [5.74, 6) is -0.387. The van der Waals surface area contributed by atoms with Crippen LogP contribution in [0.1, 0.15) is 37.6 Å². The van der Waals surface area contributed by atoms with Crippen LogP contribution in [-0.4, -0.2) is 63.6 Å². The smallest absolute Gasteiger partial charge is 0.387 e. The van der Waals surface area contributed by atoms with E-state index in [4.69, 9.17) is 30.6 Å². The van der Waals surface area contributed by atoms with Gasteiger partial charge in [-0.05, 0) is 19.1 Å². The average molecular weight is 593 g/mol. The SMILES string of the molecule is C[C@H](Nc1cc(Cl)nc2c1cnn2[C@@H]1OC2(CC(OP(=O)(O)P(=O)(O)O)C2)[C@@H](O)[C@H]1O)c1ccccc1F. The molecule has 3 heterocycles. The molecule has 1 aliphatic carbocycles. The highest BCUT2D eigenvalue weighted by Crippen LogP contribution is 2.76. The first-order valence-electron chi connectivity index (χ1n) is 11.4. The number of nitrogens with zero attached hydrogens (tertiary/aromatic N) is 3. The summed E-state index contributed by atoms with van der Waals surface area (Å²) < 4.78 is 49.1. The number of fused-ring (bicyclic) bond motifs is 1. The van der Waals surface area contributed by atoms with Crippen LogP contribution in [0.3, 0.4) is 0 Å². The third kappa shape index (κ3) is 4.69. The zero-order chi connectivity index (χ0) is 27.6. The van der Waals surface area contributed by atoms with Crippen molar-refractivity contribution < 1.29 is 47.7 Å². The van der Waals surface area contributed by atoms with Crippen LogP contribution < -0.4 is 5.32 Å². The van der Waals surface area contributed by atoms with E-state index in [2.05, 4.69) is 15.4 Å². The molecule has 1 aromatic carbocycles. The van der Waals surface area contributed by atoms with Gasteiger partial charge in [0.1, 0.15) is 28.8 Å². The maximum absolute atomic E-state index is 14.3. The summed E-state index contributed by atoms with van der Waals surface area (Å²) >= 11 is 6.25. The van der Waals surface area contributed by atoms with Gasteiger partial charge >= 0.3 is 14.6 Å². The molecule has 206 valence electrons. The van der Waals surface area contributed by atoms with E-state index in [-0.39, 0.29) is 29.5 Å². The Hall–Kier alpha value is -1.96. The van der Waals surface area contributed by atoms with Crippen molar-refractivity contribution >= 4 is 42.9 Å². The van der Waals surface area contributed by atoms with Gasteiger partial charge in [0.15, 0.2) is 11.9 Å². The fraction of sp³-hybridized carbons (Fsp3) is 0.429. The number of benzene rings is 1. The number of halogens is 2. The van der Waals surface area contributed by atoms with Gasteiger partial charge < -0.3 is 34.9 Å². The molecule has 6 N–H and O–H groups in total. The Morgan fingerprint density at radius 3 is 2.61 bits per heavy atom. The molecule has 1 spiro atoms. The molecule has 38 heavy (non-hydrogen) atoms. The van der Waals surface area contributed by atoms with Gasteiger partial charge in [-0.2, -0.15) is 5.10 Å². The van der Waals surface area contributed by atoms with E-state index >= 15 is 0 Å². The van der Waals surface area contributed by atoms with Gasteiger partial charge in [0.05, 0.1) is 29.4 Å². The van der Waals surface area contributed by atoms with Crippen LogP contribution in [0.15, 0.2) is 36.5 Å². The van der Waals surface area contributed by atoms with Crippen LogP contribution in [0.25, 0.3) is 11.0 Å². The minimum absolute atomic E-state index is 0.0680. The molecule has 0 amide bonds. The summed E-state index contributed by atoms with van der Waals surface area (Å²) in [5.41, 5.74) is -0.310. The molecule has 0 bridgehead atoms. The summed E-state index contributed by atoms with van der Waals surface area (Å²) in [6.45, 7) is 1.76. The van der Waals surface area contributed by atoms with Crippen LogP contribution >= 0.6 is 26.2 Å². The van der Waals surface area contributed by atoms with Crippen molar-refractivity contribution in [2.75, 3.05) is 5.32 Å². The highest BCUT2D eigenvalue weighted by atomic mass is 35.5. The minimum atomic E-state index is -5.42. The van der Waals surface area contributed by atoms with Gasteiger partial charge in [0.25, 0.3) is 0 Å². The molecule has 1 aliphatic heterocycles. The quantitative estimate of drug-likeness (QED) is 0.174. The molecule has 1 saturated heterocycles. The standard InChI is InChI=1S/C21H24ClFN4O9P2/c1-10(12-4-2-3-5-14(12)23)25-15-6-16(22)26-19-13(15)9-24-27(19)20-17(28)18(29)21(35-20)7-11(8-21)36-38(33,34)37(30,31)32/h2-6,9-11,17-18,20,28-29H,7-8H2,1H3,(H,25,26)(H,33,34)(H2,30,31,32)/t10-,11?,17+,18-,20+,21?/m0/s1. The molecular formula is C21H24ClFN4O9P2. The number of aliphatic hydroxyl groups excluding tert-OH is 2. The summed E-state index contributed by atoms with van der Waals surface area (Å²) in [7, 11) is -10.7. The second kappa shape index (κ2) is 9.60. The number of nitrogens with one attached hydrogen (secondary N) is 1. The van der Waals surface area contributed by atoms with Gasteiger partial charge in [-0.3, -0.25) is 4.52 Å². The molecule has 17 heteroatoms. The van der Waals surface area contributed by atoms with Crippen LogP contribution in [0, 0.1) is 5.82 Å². The lowest BCUT2D eigenvalue weighted by Gasteiger charge is -2.45. The first-order chi connectivity index (χ1) is 17.7. The Morgan fingerprint density at radius 2 is 1.95 bits per heavy atom. The lowest BCUT2D eigenvalue weighted by Crippen LogP contribution is -2.55. The molecule has 1 saturated carbocycles. The normalized spacial score (nSPS) is 29.8. The number of hydrogen-bond donors (Lipinski definition) is 6. The summed E-state index contributed by atoms with van der Waals surface area (Å²) in [6.07, 6.45) is -4.31. The third-order valence-electron chi connectivity index (χ3n) is 6.79.